The second kappa shape index (κ2) is 8.17. The highest BCUT2D eigenvalue weighted by atomic mass is 16.5. The molecule has 1 aliphatic rings. The van der Waals surface area contributed by atoms with Crippen LogP contribution in [0.4, 0.5) is 0 Å². The Morgan fingerprint density at radius 1 is 1.15 bits per heavy atom. The van der Waals surface area contributed by atoms with Gasteiger partial charge in [-0.05, 0) is 25.0 Å². The number of amides is 1. The van der Waals surface area contributed by atoms with E-state index in [2.05, 4.69) is 0 Å². The molecule has 3 rings (SSSR count). The summed E-state index contributed by atoms with van der Waals surface area (Å²) in [6, 6.07) is 13.9. The number of likely N-dealkylation sites (tertiary alicyclic amines) is 1. The summed E-state index contributed by atoms with van der Waals surface area (Å²) in [4.78, 5) is 27.0. The normalized spacial score (nSPS) is 15.3. The summed E-state index contributed by atoms with van der Waals surface area (Å²) < 4.78 is 10.6. The Kier molecular flexibility index (Phi) is 5.49. The van der Waals surface area contributed by atoms with Gasteiger partial charge in [-0.1, -0.05) is 30.3 Å². The minimum absolute atomic E-state index is 0.227. The fraction of sp³-hybridized carbons (Fsp3) is 0.250. The summed E-state index contributed by atoms with van der Waals surface area (Å²) in [5.41, 5.74) is 0.350. The minimum Gasteiger partial charge on any atom is -0.465 e. The van der Waals surface area contributed by atoms with Gasteiger partial charge in [0.15, 0.2) is 0 Å². The number of hydrogen-bond donors (Lipinski definition) is 0. The molecule has 2 aromatic rings. The van der Waals surface area contributed by atoms with Crippen LogP contribution in [0.25, 0.3) is 6.08 Å². The van der Waals surface area contributed by atoms with Crippen LogP contribution in [-0.2, 0) is 14.3 Å². The monoisotopic (exact) mass is 350 g/mol. The Labute approximate surface area is 151 Å². The van der Waals surface area contributed by atoms with Gasteiger partial charge in [0.2, 0.25) is 6.10 Å². The molecule has 6 heteroatoms. The van der Waals surface area contributed by atoms with Crippen LogP contribution in [0.3, 0.4) is 0 Å². The van der Waals surface area contributed by atoms with Crippen molar-refractivity contribution in [3.8, 4) is 6.07 Å². The second-order valence-electron chi connectivity index (χ2n) is 5.91. The van der Waals surface area contributed by atoms with Crippen molar-refractivity contribution in [2.24, 2.45) is 0 Å². The molecule has 1 saturated heterocycles. The molecule has 6 nitrogen and oxygen atoms in total. The van der Waals surface area contributed by atoms with Crippen LogP contribution in [0.15, 0.2) is 58.7 Å². The maximum Gasteiger partial charge on any atom is 0.350 e. The quantitative estimate of drug-likeness (QED) is 0.470. The molecular weight excluding hydrogens is 332 g/mol. The molecule has 1 atom stereocenters. The van der Waals surface area contributed by atoms with E-state index in [4.69, 9.17) is 9.15 Å². The molecule has 0 bridgehead atoms. The van der Waals surface area contributed by atoms with Gasteiger partial charge in [-0.3, -0.25) is 4.79 Å². The lowest BCUT2D eigenvalue weighted by molar-refractivity contribution is -0.157. The van der Waals surface area contributed by atoms with Crippen molar-refractivity contribution >= 4 is 18.0 Å². The number of furan rings is 1. The van der Waals surface area contributed by atoms with Crippen molar-refractivity contribution in [1.82, 2.24) is 4.90 Å². The summed E-state index contributed by atoms with van der Waals surface area (Å²) in [6.45, 7) is 1.29. The molecule has 0 N–H and O–H groups in total. The molecule has 132 valence electrons. The first-order valence-corrected chi connectivity index (χ1v) is 8.39. The first-order chi connectivity index (χ1) is 12.7. The zero-order valence-electron chi connectivity index (χ0n) is 14.1. The van der Waals surface area contributed by atoms with E-state index < -0.39 is 12.1 Å². The number of ether oxygens (including phenoxy) is 1. The van der Waals surface area contributed by atoms with E-state index in [9.17, 15) is 14.9 Å². The molecule has 1 aliphatic heterocycles. The average molecular weight is 350 g/mol. The fourth-order valence-electron chi connectivity index (χ4n) is 2.82. The molecule has 0 radical (unpaired) electrons. The van der Waals surface area contributed by atoms with E-state index in [0.717, 1.165) is 12.8 Å². The van der Waals surface area contributed by atoms with E-state index in [-0.39, 0.29) is 11.5 Å². The molecule has 0 unspecified atom stereocenters. The van der Waals surface area contributed by atoms with E-state index >= 15 is 0 Å². The number of rotatable bonds is 5. The topological polar surface area (TPSA) is 83.5 Å². The molecule has 1 amide bonds. The first kappa shape index (κ1) is 17.5. The van der Waals surface area contributed by atoms with Crippen LogP contribution in [-0.4, -0.2) is 29.9 Å². The Hall–Kier alpha value is -3.33. The molecule has 1 aromatic carbocycles. The minimum atomic E-state index is -1.07. The van der Waals surface area contributed by atoms with E-state index in [1.54, 1.807) is 41.3 Å². The van der Waals surface area contributed by atoms with E-state index in [0.29, 0.717) is 24.4 Å². The third kappa shape index (κ3) is 4.01. The van der Waals surface area contributed by atoms with Crippen LogP contribution < -0.4 is 0 Å². The van der Waals surface area contributed by atoms with E-state index in [1.165, 1.54) is 12.3 Å². The van der Waals surface area contributed by atoms with Crippen LogP contribution in [0, 0.1) is 11.3 Å². The Balaban J connectivity index is 1.84. The number of carbonyl (C=O) groups is 2. The standard InChI is InChI=1S/C20H18N2O4/c21-14-16(13-17-9-6-12-25-17)20(24)26-18(15-7-2-1-3-8-15)19(23)22-10-4-5-11-22/h1-3,6-9,12-13,18H,4-5,10-11H2/b16-13+/t18-/m1/s1. The number of carbonyl (C=O) groups excluding carboxylic acids is 2. The van der Waals surface area contributed by atoms with Crippen molar-refractivity contribution in [3.63, 3.8) is 0 Å². The molecule has 1 aromatic heterocycles. The van der Waals surface area contributed by atoms with Crippen LogP contribution >= 0.6 is 0 Å². The van der Waals surface area contributed by atoms with E-state index in [1.807, 2.05) is 12.1 Å². The summed E-state index contributed by atoms with van der Waals surface area (Å²) in [5, 5.41) is 9.27. The maximum atomic E-state index is 12.8. The Bertz CT molecular complexity index is 828. The van der Waals surface area contributed by atoms with Gasteiger partial charge in [0.05, 0.1) is 6.26 Å². The third-order valence-corrected chi connectivity index (χ3v) is 4.14. The first-order valence-electron chi connectivity index (χ1n) is 8.39. The van der Waals surface area contributed by atoms with Crippen molar-refractivity contribution in [2.75, 3.05) is 13.1 Å². The SMILES string of the molecule is N#C/C(=C\c1ccco1)C(=O)O[C@@H](C(=O)N1CCCC1)c1ccccc1. The molecule has 1 fully saturated rings. The lowest BCUT2D eigenvalue weighted by Gasteiger charge is -2.23. The average Bonchev–Trinajstić information content (AvgIpc) is 3.38. The number of esters is 1. The molecule has 0 saturated carbocycles. The Morgan fingerprint density at radius 3 is 2.50 bits per heavy atom. The van der Waals surface area contributed by atoms with Crippen molar-refractivity contribution < 1.29 is 18.7 Å². The number of benzene rings is 1. The van der Waals surface area contributed by atoms with Gasteiger partial charge < -0.3 is 14.1 Å². The van der Waals surface area contributed by atoms with Gasteiger partial charge in [0.25, 0.3) is 5.91 Å². The van der Waals surface area contributed by atoms with Gasteiger partial charge in [-0.2, -0.15) is 5.26 Å². The Morgan fingerprint density at radius 2 is 1.88 bits per heavy atom. The lowest BCUT2D eigenvalue weighted by Crippen LogP contribution is -2.35. The largest absolute Gasteiger partial charge is 0.465 e. The highest BCUT2D eigenvalue weighted by Crippen LogP contribution is 2.24. The van der Waals surface area contributed by atoms with Gasteiger partial charge in [-0.15, -0.1) is 0 Å². The van der Waals surface area contributed by atoms with Crippen LogP contribution in [0.2, 0.25) is 0 Å². The van der Waals surface area contributed by atoms with Gasteiger partial charge in [0.1, 0.15) is 17.4 Å². The summed E-state index contributed by atoms with van der Waals surface area (Å²) in [5.74, 6) is -0.761. The molecule has 0 spiro atoms. The maximum absolute atomic E-state index is 12.8. The summed E-state index contributed by atoms with van der Waals surface area (Å²) in [7, 11) is 0. The molecule has 2 heterocycles. The molecule has 0 aliphatic carbocycles. The number of hydrogen-bond acceptors (Lipinski definition) is 5. The number of nitrogens with zero attached hydrogens (tertiary/aromatic N) is 2. The van der Waals surface area contributed by atoms with Gasteiger partial charge in [-0.25, -0.2) is 4.79 Å². The zero-order chi connectivity index (χ0) is 18.4. The summed E-state index contributed by atoms with van der Waals surface area (Å²) in [6.07, 6.45) is 3.53. The predicted molar refractivity (Wildman–Crippen MR) is 93.4 cm³/mol. The molecular formula is C20H18N2O4. The lowest BCUT2D eigenvalue weighted by atomic mass is 10.1. The highest BCUT2D eigenvalue weighted by molar-refractivity contribution is 5.99. The van der Waals surface area contributed by atoms with Gasteiger partial charge >= 0.3 is 5.97 Å². The smallest absolute Gasteiger partial charge is 0.350 e. The summed E-state index contributed by atoms with van der Waals surface area (Å²) >= 11 is 0. The predicted octanol–water partition coefficient (Wildman–Crippen LogP) is 3.09. The van der Waals surface area contributed by atoms with Gasteiger partial charge in [0, 0.05) is 24.7 Å². The fourth-order valence-corrected chi connectivity index (χ4v) is 2.82. The zero-order valence-corrected chi connectivity index (χ0v) is 14.1. The second-order valence-corrected chi connectivity index (χ2v) is 5.91. The number of nitriles is 1. The highest BCUT2D eigenvalue weighted by Gasteiger charge is 2.31. The van der Waals surface area contributed by atoms with Crippen LogP contribution in [0.5, 0.6) is 0 Å². The van der Waals surface area contributed by atoms with Crippen molar-refractivity contribution in [3.05, 3.63) is 65.6 Å². The van der Waals surface area contributed by atoms with Crippen molar-refractivity contribution in [2.45, 2.75) is 18.9 Å². The molecule has 26 heavy (non-hydrogen) atoms. The van der Waals surface area contributed by atoms with Crippen LogP contribution in [0.1, 0.15) is 30.3 Å². The van der Waals surface area contributed by atoms with Crippen molar-refractivity contribution in [1.29, 1.82) is 5.26 Å². The third-order valence-electron chi connectivity index (χ3n) is 4.14.